The summed E-state index contributed by atoms with van der Waals surface area (Å²) in [4.78, 5) is 5.15. The third-order valence-corrected chi connectivity index (χ3v) is 4.68. The minimum Gasteiger partial charge on any atom is -0.330 e. The highest BCUT2D eigenvalue weighted by Gasteiger charge is 2.20. The average Bonchev–Trinajstić information content (AvgIpc) is 2.49. The third kappa shape index (κ3) is 6.24. The number of hydrogen-bond donors (Lipinski definition) is 1. The predicted molar refractivity (Wildman–Crippen MR) is 84.4 cm³/mol. The van der Waals surface area contributed by atoms with Gasteiger partial charge in [0.15, 0.2) is 0 Å². The Hall–Kier alpha value is -0.120. The van der Waals surface area contributed by atoms with Crippen LogP contribution >= 0.6 is 0 Å². The second-order valence-corrected chi connectivity index (χ2v) is 6.72. The molecule has 1 heterocycles. The van der Waals surface area contributed by atoms with Gasteiger partial charge in [-0.05, 0) is 77.7 Å². The molecule has 1 rings (SSSR count). The molecule has 3 nitrogen and oxygen atoms in total. The van der Waals surface area contributed by atoms with E-state index in [1.165, 1.54) is 51.9 Å². The number of nitrogens with zero attached hydrogens (tertiary/aromatic N) is 2. The van der Waals surface area contributed by atoms with Gasteiger partial charge >= 0.3 is 0 Å². The lowest BCUT2D eigenvalue weighted by Gasteiger charge is -2.29. The Kier molecular flexibility index (Phi) is 7.96. The SMILES string of the molecule is CC(C)C(CCN)CCCN1CCCN(C)CC1C. The van der Waals surface area contributed by atoms with E-state index in [0.29, 0.717) is 6.04 Å². The van der Waals surface area contributed by atoms with Crippen LogP contribution in [0, 0.1) is 11.8 Å². The molecule has 0 saturated carbocycles. The zero-order chi connectivity index (χ0) is 14.3. The van der Waals surface area contributed by atoms with Crippen molar-refractivity contribution < 1.29 is 0 Å². The van der Waals surface area contributed by atoms with E-state index in [0.717, 1.165) is 18.4 Å². The van der Waals surface area contributed by atoms with E-state index in [2.05, 4.69) is 37.6 Å². The smallest absolute Gasteiger partial charge is 0.0194 e. The molecule has 1 saturated heterocycles. The monoisotopic (exact) mass is 269 g/mol. The van der Waals surface area contributed by atoms with Crippen molar-refractivity contribution in [2.75, 3.05) is 39.8 Å². The number of likely N-dealkylation sites (N-methyl/N-ethyl adjacent to an activating group) is 1. The molecule has 114 valence electrons. The first-order valence-electron chi connectivity index (χ1n) is 8.17. The Balaban J connectivity index is 2.30. The fourth-order valence-electron chi connectivity index (χ4n) is 3.34. The highest BCUT2D eigenvalue weighted by molar-refractivity contribution is 4.75. The second-order valence-electron chi connectivity index (χ2n) is 6.72. The first kappa shape index (κ1) is 16.9. The summed E-state index contributed by atoms with van der Waals surface area (Å²) in [7, 11) is 2.25. The Morgan fingerprint density at radius 3 is 2.58 bits per heavy atom. The van der Waals surface area contributed by atoms with Gasteiger partial charge in [0, 0.05) is 12.6 Å². The van der Waals surface area contributed by atoms with Crippen molar-refractivity contribution in [1.29, 1.82) is 0 Å². The lowest BCUT2D eigenvalue weighted by molar-refractivity contribution is 0.191. The molecular formula is C16H35N3. The zero-order valence-electron chi connectivity index (χ0n) is 13.6. The van der Waals surface area contributed by atoms with Crippen molar-refractivity contribution in [3.63, 3.8) is 0 Å². The van der Waals surface area contributed by atoms with E-state index in [-0.39, 0.29) is 0 Å². The second kappa shape index (κ2) is 8.93. The molecule has 0 bridgehead atoms. The molecule has 2 unspecified atom stereocenters. The van der Waals surface area contributed by atoms with Crippen LogP contribution in [0.3, 0.4) is 0 Å². The fraction of sp³-hybridized carbons (Fsp3) is 1.00. The molecule has 0 aliphatic carbocycles. The molecule has 1 fully saturated rings. The molecule has 0 aromatic rings. The van der Waals surface area contributed by atoms with E-state index in [1.807, 2.05) is 0 Å². The highest BCUT2D eigenvalue weighted by Crippen LogP contribution is 2.21. The summed E-state index contributed by atoms with van der Waals surface area (Å²) < 4.78 is 0. The maximum Gasteiger partial charge on any atom is 0.0194 e. The molecule has 1 aliphatic heterocycles. The average molecular weight is 269 g/mol. The molecule has 0 aromatic heterocycles. The first-order chi connectivity index (χ1) is 9.04. The normalized spacial score (nSPS) is 24.6. The molecule has 2 N–H and O–H groups in total. The lowest BCUT2D eigenvalue weighted by atomic mass is 9.88. The van der Waals surface area contributed by atoms with Gasteiger partial charge in [-0.15, -0.1) is 0 Å². The summed E-state index contributed by atoms with van der Waals surface area (Å²) in [5.41, 5.74) is 5.72. The summed E-state index contributed by atoms with van der Waals surface area (Å²) in [6.45, 7) is 12.9. The van der Waals surface area contributed by atoms with Crippen molar-refractivity contribution in [3.05, 3.63) is 0 Å². The minimum atomic E-state index is 0.708. The van der Waals surface area contributed by atoms with Crippen molar-refractivity contribution in [3.8, 4) is 0 Å². The molecule has 0 radical (unpaired) electrons. The van der Waals surface area contributed by atoms with Crippen molar-refractivity contribution in [2.24, 2.45) is 17.6 Å². The summed E-state index contributed by atoms with van der Waals surface area (Å²) in [5.74, 6) is 1.59. The van der Waals surface area contributed by atoms with E-state index in [9.17, 15) is 0 Å². The van der Waals surface area contributed by atoms with Crippen LogP contribution in [0.2, 0.25) is 0 Å². The summed E-state index contributed by atoms with van der Waals surface area (Å²) in [6, 6.07) is 0.708. The van der Waals surface area contributed by atoms with Crippen LogP contribution in [0.15, 0.2) is 0 Å². The molecule has 19 heavy (non-hydrogen) atoms. The largest absolute Gasteiger partial charge is 0.330 e. The standard InChI is InChI=1S/C16H35N3/c1-14(2)16(8-9-17)7-5-11-19-12-6-10-18(4)13-15(19)3/h14-16H,5-13,17H2,1-4H3. The van der Waals surface area contributed by atoms with Gasteiger partial charge in [-0.3, -0.25) is 4.90 Å². The topological polar surface area (TPSA) is 32.5 Å². The van der Waals surface area contributed by atoms with Crippen molar-refractivity contribution in [1.82, 2.24) is 9.80 Å². The molecule has 1 aliphatic rings. The van der Waals surface area contributed by atoms with Gasteiger partial charge in [0.05, 0.1) is 0 Å². The minimum absolute atomic E-state index is 0.708. The Morgan fingerprint density at radius 1 is 1.21 bits per heavy atom. The van der Waals surface area contributed by atoms with Gasteiger partial charge < -0.3 is 10.6 Å². The number of rotatable bonds is 7. The van der Waals surface area contributed by atoms with Gasteiger partial charge in [0.2, 0.25) is 0 Å². The van der Waals surface area contributed by atoms with Gasteiger partial charge in [-0.1, -0.05) is 13.8 Å². The van der Waals surface area contributed by atoms with Crippen LogP contribution in [0.5, 0.6) is 0 Å². The lowest BCUT2D eigenvalue weighted by Crippen LogP contribution is -2.38. The third-order valence-electron chi connectivity index (χ3n) is 4.68. The number of nitrogens with two attached hydrogens (primary N) is 1. The van der Waals surface area contributed by atoms with E-state index < -0.39 is 0 Å². The van der Waals surface area contributed by atoms with Crippen LogP contribution in [0.1, 0.15) is 46.5 Å². The first-order valence-corrected chi connectivity index (χ1v) is 8.17. The van der Waals surface area contributed by atoms with Gasteiger partial charge in [-0.25, -0.2) is 0 Å². The van der Waals surface area contributed by atoms with Gasteiger partial charge in [0.1, 0.15) is 0 Å². The fourth-order valence-corrected chi connectivity index (χ4v) is 3.34. The predicted octanol–water partition coefficient (Wildman–Crippen LogP) is 2.41. The molecule has 2 atom stereocenters. The highest BCUT2D eigenvalue weighted by atomic mass is 15.2. The Labute approximate surface area is 120 Å². The van der Waals surface area contributed by atoms with E-state index in [4.69, 9.17) is 5.73 Å². The quantitative estimate of drug-likeness (QED) is 0.770. The van der Waals surface area contributed by atoms with Gasteiger partial charge in [0.25, 0.3) is 0 Å². The van der Waals surface area contributed by atoms with Crippen molar-refractivity contribution in [2.45, 2.75) is 52.5 Å². The van der Waals surface area contributed by atoms with Crippen LogP contribution < -0.4 is 5.73 Å². The van der Waals surface area contributed by atoms with Crippen LogP contribution in [-0.2, 0) is 0 Å². The van der Waals surface area contributed by atoms with Crippen LogP contribution in [-0.4, -0.2) is 55.6 Å². The molecule has 3 heteroatoms. The van der Waals surface area contributed by atoms with E-state index >= 15 is 0 Å². The maximum absolute atomic E-state index is 5.72. The summed E-state index contributed by atoms with van der Waals surface area (Å²) in [5, 5.41) is 0. The summed E-state index contributed by atoms with van der Waals surface area (Å²) >= 11 is 0. The molecule has 0 amide bonds. The van der Waals surface area contributed by atoms with Gasteiger partial charge in [-0.2, -0.15) is 0 Å². The Morgan fingerprint density at radius 2 is 1.95 bits per heavy atom. The van der Waals surface area contributed by atoms with Crippen molar-refractivity contribution >= 4 is 0 Å². The summed E-state index contributed by atoms with van der Waals surface area (Å²) in [6.07, 6.45) is 5.18. The molecular weight excluding hydrogens is 234 g/mol. The molecule has 0 spiro atoms. The Bertz CT molecular complexity index is 230. The maximum atomic E-state index is 5.72. The van der Waals surface area contributed by atoms with Crippen LogP contribution in [0.25, 0.3) is 0 Å². The van der Waals surface area contributed by atoms with E-state index in [1.54, 1.807) is 0 Å². The zero-order valence-corrected chi connectivity index (χ0v) is 13.6. The number of hydrogen-bond acceptors (Lipinski definition) is 3. The van der Waals surface area contributed by atoms with Crippen LogP contribution in [0.4, 0.5) is 0 Å². The molecule has 0 aromatic carbocycles.